The lowest BCUT2D eigenvalue weighted by atomic mass is 10.0. The lowest BCUT2D eigenvalue weighted by Gasteiger charge is -2.30. The zero-order chi connectivity index (χ0) is 23.8. The van der Waals surface area contributed by atoms with E-state index in [-0.39, 0.29) is 11.5 Å². The number of amides is 1. The van der Waals surface area contributed by atoms with E-state index in [0.29, 0.717) is 38.6 Å². The monoisotopic (exact) mass is 493 g/mol. The van der Waals surface area contributed by atoms with Crippen molar-refractivity contribution in [1.82, 2.24) is 10.1 Å². The standard InChI is InChI=1S/C25H21ClN4O3S/c1-3-14-34-25-27-23(32)22-18-6-4-5-7-19(18)29(15(2)31)24(30(22)28-25)21-13-12-20(33-21)16-8-10-17(26)11-9-16/h4-13,24H,3,14H2,1-2H3/p+1. The Morgan fingerprint density at radius 2 is 1.94 bits per heavy atom. The highest BCUT2D eigenvalue weighted by atomic mass is 35.5. The molecule has 1 atom stereocenters. The first-order valence-corrected chi connectivity index (χ1v) is 12.3. The Bertz CT molecular complexity index is 1430. The molecule has 34 heavy (non-hydrogen) atoms. The number of aromatic nitrogens is 3. The largest absolute Gasteiger partial charge is 0.452 e. The number of hydrogen-bond donors (Lipinski definition) is 1. The van der Waals surface area contributed by atoms with Crippen molar-refractivity contribution in [1.29, 1.82) is 0 Å². The number of nitrogens with one attached hydrogen (secondary N) is 1. The molecular weight excluding hydrogens is 472 g/mol. The summed E-state index contributed by atoms with van der Waals surface area (Å²) in [4.78, 5) is 30.7. The number of anilines is 1. The zero-order valence-corrected chi connectivity index (χ0v) is 20.2. The van der Waals surface area contributed by atoms with Gasteiger partial charge in [-0.3, -0.25) is 14.6 Å². The summed E-state index contributed by atoms with van der Waals surface area (Å²) >= 11 is 7.49. The quantitative estimate of drug-likeness (QED) is 0.310. The van der Waals surface area contributed by atoms with Crippen molar-refractivity contribution in [2.24, 2.45) is 0 Å². The molecule has 172 valence electrons. The fraction of sp³-hybridized carbons (Fsp3) is 0.200. The molecule has 0 aliphatic carbocycles. The van der Waals surface area contributed by atoms with Crippen molar-refractivity contribution in [3.8, 4) is 22.6 Å². The summed E-state index contributed by atoms with van der Waals surface area (Å²) in [6.07, 6.45) is 0.177. The minimum Gasteiger partial charge on any atom is -0.452 e. The summed E-state index contributed by atoms with van der Waals surface area (Å²) in [6.45, 7) is 3.56. The Morgan fingerprint density at radius 1 is 1.18 bits per heavy atom. The molecule has 1 aliphatic rings. The number of H-pyrrole nitrogens is 1. The maximum atomic E-state index is 13.2. The Balaban J connectivity index is 1.71. The number of carbonyl (C=O) groups is 1. The van der Waals surface area contributed by atoms with Crippen molar-refractivity contribution >= 4 is 35.0 Å². The van der Waals surface area contributed by atoms with E-state index in [9.17, 15) is 9.59 Å². The van der Waals surface area contributed by atoms with Crippen molar-refractivity contribution < 1.29 is 13.9 Å². The van der Waals surface area contributed by atoms with Crippen LogP contribution in [0.2, 0.25) is 5.02 Å². The van der Waals surface area contributed by atoms with E-state index < -0.39 is 6.17 Å². The van der Waals surface area contributed by atoms with Gasteiger partial charge in [0.25, 0.3) is 0 Å². The van der Waals surface area contributed by atoms with Crippen molar-refractivity contribution in [2.45, 2.75) is 31.6 Å². The number of thioether (sulfide) groups is 1. The molecular formula is C25H22ClN4O3S+. The van der Waals surface area contributed by atoms with Crippen LogP contribution in [0, 0.1) is 0 Å². The van der Waals surface area contributed by atoms with Gasteiger partial charge < -0.3 is 4.42 Å². The minimum atomic E-state index is -0.758. The minimum absolute atomic E-state index is 0.190. The van der Waals surface area contributed by atoms with Crippen LogP contribution in [0.4, 0.5) is 5.69 Å². The van der Waals surface area contributed by atoms with Crippen LogP contribution in [0.15, 0.2) is 75.0 Å². The molecule has 2 aromatic heterocycles. The second-order valence-corrected chi connectivity index (χ2v) is 9.41. The summed E-state index contributed by atoms with van der Waals surface area (Å²) in [5, 5.41) is 5.87. The van der Waals surface area contributed by atoms with E-state index in [1.165, 1.54) is 18.7 Å². The maximum absolute atomic E-state index is 13.2. The number of aromatic amines is 1. The van der Waals surface area contributed by atoms with Gasteiger partial charge in [-0.15, -0.1) is 0 Å². The van der Waals surface area contributed by atoms with Crippen LogP contribution in [-0.2, 0) is 4.79 Å². The van der Waals surface area contributed by atoms with Crippen molar-refractivity contribution in [2.75, 3.05) is 10.7 Å². The van der Waals surface area contributed by atoms with Gasteiger partial charge in [0.05, 0.1) is 11.3 Å². The van der Waals surface area contributed by atoms with Crippen LogP contribution < -0.4 is 15.1 Å². The van der Waals surface area contributed by atoms with Gasteiger partial charge in [-0.2, -0.15) is 0 Å². The number of nitrogens with zero attached hydrogens (tertiary/aromatic N) is 3. The average Bonchev–Trinajstić information content (AvgIpc) is 3.31. The molecule has 0 saturated carbocycles. The summed E-state index contributed by atoms with van der Waals surface area (Å²) in [5.74, 6) is 1.73. The smallest absolute Gasteiger partial charge is 0.325 e. The van der Waals surface area contributed by atoms with Gasteiger partial charge in [0, 0.05) is 28.4 Å². The molecule has 1 unspecified atom stereocenters. The Hall–Kier alpha value is -3.36. The van der Waals surface area contributed by atoms with Gasteiger partial charge in [0.2, 0.25) is 11.1 Å². The van der Waals surface area contributed by atoms with Gasteiger partial charge in [0.1, 0.15) is 5.76 Å². The number of para-hydroxylation sites is 1. The number of rotatable bonds is 5. The number of fused-ring (bicyclic) bond motifs is 3. The zero-order valence-electron chi connectivity index (χ0n) is 18.6. The Labute approximate surface area is 205 Å². The van der Waals surface area contributed by atoms with Crippen LogP contribution in [0.5, 0.6) is 0 Å². The molecule has 5 rings (SSSR count). The molecule has 0 radical (unpaired) electrons. The van der Waals surface area contributed by atoms with Gasteiger partial charge in [-0.1, -0.05) is 42.4 Å². The van der Waals surface area contributed by atoms with E-state index >= 15 is 0 Å². The molecule has 0 fully saturated rings. The Morgan fingerprint density at radius 3 is 2.68 bits per heavy atom. The topological polar surface area (TPSA) is 83.1 Å². The van der Waals surface area contributed by atoms with Crippen LogP contribution in [0.1, 0.15) is 32.2 Å². The fourth-order valence-corrected chi connectivity index (χ4v) is 4.93. The van der Waals surface area contributed by atoms with Crippen molar-refractivity contribution in [3.05, 3.63) is 81.8 Å². The van der Waals surface area contributed by atoms with Crippen molar-refractivity contribution in [3.63, 3.8) is 0 Å². The highest BCUT2D eigenvalue weighted by molar-refractivity contribution is 7.99. The predicted molar refractivity (Wildman–Crippen MR) is 132 cm³/mol. The first-order valence-electron chi connectivity index (χ1n) is 10.9. The third-order valence-electron chi connectivity index (χ3n) is 5.55. The molecule has 7 nitrogen and oxygen atoms in total. The second-order valence-electron chi connectivity index (χ2n) is 7.89. The van der Waals surface area contributed by atoms with Gasteiger partial charge in [-0.05, 0) is 59.6 Å². The predicted octanol–water partition coefficient (Wildman–Crippen LogP) is 5.05. The van der Waals surface area contributed by atoms with Crippen LogP contribution >= 0.6 is 23.4 Å². The molecule has 2 aromatic carbocycles. The van der Waals surface area contributed by atoms with E-state index in [4.69, 9.17) is 21.1 Å². The number of benzene rings is 2. The fourth-order valence-electron chi connectivity index (χ4n) is 4.10. The van der Waals surface area contributed by atoms with E-state index in [0.717, 1.165) is 17.7 Å². The average molecular weight is 494 g/mol. The van der Waals surface area contributed by atoms with E-state index in [1.807, 2.05) is 48.5 Å². The van der Waals surface area contributed by atoms with Gasteiger partial charge in [0.15, 0.2) is 5.76 Å². The molecule has 0 saturated heterocycles. The molecule has 3 heterocycles. The molecule has 1 amide bonds. The summed E-state index contributed by atoms with van der Waals surface area (Å²) < 4.78 is 7.85. The molecule has 0 bridgehead atoms. The van der Waals surface area contributed by atoms with E-state index in [1.54, 1.807) is 21.7 Å². The molecule has 1 N–H and O–H groups in total. The first-order chi connectivity index (χ1) is 16.5. The van der Waals surface area contributed by atoms with Gasteiger partial charge in [-0.25, -0.2) is 4.90 Å². The third-order valence-corrected chi connectivity index (χ3v) is 6.87. The number of halogens is 1. The molecule has 4 aromatic rings. The molecule has 9 heteroatoms. The van der Waals surface area contributed by atoms with Crippen LogP contribution in [-0.4, -0.2) is 21.7 Å². The Kier molecular flexibility index (Phi) is 6.02. The normalized spacial score (nSPS) is 14.6. The first kappa shape index (κ1) is 22.4. The number of furan rings is 1. The lowest BCUT2D eigenvalue weighted by Crippen LogP contribution is -2.60. The number of hydrogen-bond acceptors (Lipinski definition) is 5. The molecule has 0 spiro atoms. The summed E-state index contributed by atoms with van der Waals surface area (Å²) in [6, 6.07) is 18.3. The van der Waals surface area contributed by atoms with Crippen LogP contribution in [0.3, 0.4) is 0 Å². The number of carbonyl (C=O) groups excluding carboxylic acids is 1. The van der Waals surface area contributed by atoms with Gasteiger partial charge >= 0.3 is 17.4 Å². The second kappa shape index (κ2) is 9.12. The highest BCUT2D eigenvalue weighted by Crippen LogP contribution is 2.38. The van der Waals surface area contributed by atoms with Crippen LogP contribution in [0.25, 0.3) is 22.6 Å². The highest BCUT2D eigenvalue weighted by Gasteiger charge is 2.46. The maximum Gasteiger partial charge on any atom is 0.325 e. The summed E-state index contributed by atoms with van der Waals surface area (Å²) in [5.41, 5.74) is 2.23. The SMILES string of the molecule is CCCSc1n[n+]2c(c(=O)[nH]1)-c1ccccc1N(C(C)=O)C2c1ccc(-c2ccc(Cl)cc2)o1. The third kappa shape index (κ3) is 3.93. The molecule has 1 aliphatic heterocycles. The summed E-state index contributed by atoms with van der Waals surface area (Å²) in [7, 11) is 0. The van der Waals surface area contributed by atoms with E-state index in [2.05, 4.69) is 11.9 Å². The lowest BCUT2D eigenvalue weighted by molar-refractivity contribution is -0.764.